The van der Waals surface area contributed by atoms with E-state index in [-0.39, 0.29) is 12.3 Å². The molecule has 0 aliphatic rings. The molecule has 0 atom stereocenters. The van der Waals surface area contributed by atoms with Crippen molar-refractivity contribution in [3.63, 3.8) is 0 Å². The summed E-state index contributed by atoms with van der Waals surface area (Å²) in [7, 11) is 0. The summed E-state index contributed by atoms with van der Waals surface area (Å²) in [6, 6.07) is 5.37. The number of carbonyl (C=O) groups is 1. The van der Waals surface area contributed by atoms with Gasteiger partial charge in [-0.2, -0.15) is 10.2 Å². The second-order valence-electron chi connectivity index (χ2n) is 6.54. The van der Waals surface area contributed by atoms with Gasteiger partial charge < -0.3 is 5.32 Å². The van der Waals surface area contributed by atoms with Crippen LogP contribution >= 0.6 is 34.8 Å². The molecule has 0 aliphatic carbocycles. The first-order valence-corrected chi connectivity index (χ1v) is 9.85. The highest BCUT2D eigenvalue weighted by atomic mass is 35.5. The Morgan fingerprint density at radius 2 is 1.82 bits per heavy atom. The largest absolute Gasteiger partial charge is 0.323 e. The summed E-state index contributed by atoms with van der Waals surface area (Å²) in [4.78, 5) is 12.4. The molecule has 1 amide bonds. The smallest absolute Gasteiger partial charge is 0.226 e. The summed E-state index contributed by atoms with van der Waals surface area (Å²) in [6.07, 6.45) is 1.86. The van der Waals surface area contributed by atoms with Crippen molar-refractivity contribution in [1.82, 2.24) is 19.6 Å². The molecule has 1 N–H and O–H groups in total. The van der Waals surface area contributed by atoms with Gasteiger partial charge in [-0.25, -0.2) is 0 Å². The Balaban J connectivity index is 1.69. The lowest BCUT2D eigenvalue weighted by Crippen LogP contribution is -2.16. The van der Waals surface area contributed by atoms with Crippen molar-refractivity contribution in [3.8, 4) is 0 Å². The predicted molar refractivity (Wildman–Crippen MR) is 112 cm³/mol. The number of amides is 1. The molecule has 0 saturated carbocycles. The Morgan fingerprint density at radius 1 is 1.07 bits per heavy atom. The average molecular weight is 441 g/mol. The van der Waals surface area contributed by atoms with Crippen molar-refractivity contribution >= 4 is 46.4 Å². The van der Waals surface area contributed by atoms with Crippen LogP contribution in [0.5, 0.6) is 0 Å². The zero-order chi connectivity index (χ0) is 20.4. The number of halogens is 3. The highest BCUT2D eigenvalue weighted by molar-refractivity contribution is 6.35. The molecule has 0 spiro atoms. The van der Waals surface area contributed by atoms with Gasteiger partial charge in [0.15, 0.2) is 0 Å². The van der Waals surface area contributed by atoms with Crippen molar-refractivity contribution in [2.24, 2.45) is 0 Å². The van der Waals surface area contributed by atoms with Crippen LogP contribution in [0, 0.1) is 20.8 Å². The van der Waals surface area contributed by atoms with Crippen LogP contribution < -0.4 is 5.32 Å². The standard InChI is InChI=1S/C19H20Cl3N5O/c1-11-19(24-18(28)6-7-26-12(2)17(22)9-23-26)13(3)27(25-11)10-14-4-5-15(20)8-16(14)21/h4-5,8-9H,6-7,10H2,1-3H3,(H,24,28). The van der Waals surface area contributed by atoms with Gasteiger partial charge in [-0.3, -0.25) is 14.2 Å². The minimum atomic E-state index is -0.110. The monoisotopic (exact) mass is 439 g/mol. The molecule has 0 radical (unpaired) electrons. The molecule has 3 aromatic rings. The molecule has 0 saturated heterocycles. The lowest BCUT2D eigenvalue weighted by molar-refractivity contribution is -0.116. The molecule has 6 nitrogen and oxygen atoms in total. The van der Waals surface area contributed by atoms with Crippen LogP contribution in [0.25, 0.3) is 0 Å². The Bertz CT molecular complexity index is 1020. The second kappa shape index (κ2) is 8.55. The van der Waals surface area contributed by atoms with Crippen LogP contribution in [0.1, 0.15) is 29.1 Å². The van der Waals surface area contributed by atoms with Crippen molar-refractivity contribution in [1.29, 1.82) is 0 Å². The molecule has 2 aromatic heterocycles. The quantitative estimate of drug-likeness (QED) is 0.584. The predicted octanol–water partition coefficient (Wildman–Crippen LogP) is 5.04. The lowest BCUT2D eigenvalue weighted by Gasteiger charge is -2.09. The van der Waals surface area contributed by atoms with E-state index in [0.29, 0.717) is 33.8 Å². The number of anilines is 1. The van der Waals surface area contributed by atoms with Crippen LogP contribution in [0.4, 0.5) is 5.69 Å². The molecule has 9 heteroatoms. The van der Waals surface area contributed by atoms with Gasteiger partial charge in [0.25, 0.3) is 0 Å². The maximum absolute atomic E-state index is 12.4. The van der Waals surface area contributed by atoms with Gasteiger partial charge in [0.2, 0.25) is 5.91 Å². The van der Waals surface area contributed by atoms with Gasteiger partial charge in [-0.15, -0.1) is 0 Å². The number of benzene rings is 1. The zero-order valence-electron chi connectivity index (χ0n) is 15.8. The van der Waals surface area contributed by atoms with Crippen LogP contribution in [0.3, 0.4) is 0 Å². The van der Waals surface area contributed by atoms with Crippen molar-refractivity contribution in [2.45, 2.75) is 40.3 Å². The molecular weight excluding hydrogens is 421 g/mol. The summed E-state index contributed by atoms with van der Waals surface area (Å²) in [6.45, 7) is 6.59. The summed E-state index contributed by atoms with van der Waals surface area (Å²) < 4.78 is 3.53. The first-order chi connectivity index (χ1) is 13.3. The molecule has 0 unspecified atom stereocenters. The molecule has 28 heavy (non-hydrogen) atoms. The normalized spacial score (nSPS) is 11.1. The Kier molecular flexibility index (Phi) is 6.33. The number of aryl methyl sites for hydroxylation is 2. The highest BCUT2D eigenvalue weighted by Crippen LogP contribution is 2.25. The summed E-state index contributed by atoms with van der Waals surface area (Å²) in [5.41, 5.74) is 4.06. The van der Waals surface area contributed by atoms with E-state index in [9.17, 15) is 4.79 Å². The molecule has 2 heterocycles. The topological polar surface area (TPSA) is 64.7 Å². The van der Waals surface area contributed by atoms with Crippen LogP contribution in [-0.4, -0.2) is 25.5 Å². The minimum absolute atomic E-state index is 0.110. The minimum Gasteiger partial charge on any atom is -0.323 e. The number of carbonyl (C=O) groups excluding carboxylic acids is 1. The fourth-order valence-corrected chi connectivity index (χ4v) is 3.51. The van der Waals surface area contributed by atoms with E-state index in [1.54, 1.807) is 23.0 Å². The molecule has 0 bridgehead atoms. The van der Waals surface area contributed by atoms with Gasteiger partial charge in [0, 0.05) is 16.5 Å². The van der Waals surface area contributed by atoms with Crippen LogP contribution in [0.15, 0.2) is 24.4 Å². The number of nitrogens with zero attached hydrogens (tertiary/aromatic N) is 4. The fourth-order valence-electron chi connectivity index (χ4n) is 2.90. The molecule has 148 valence electrons. The molecule has 0 aliphatic heterocycles. The summed E-state index contributed by atoms with van der Waals surface area (Å²) in [5.74, 6) is -0.110. The third-order valence-corrected chi connectivity index (χ3v) is 5.53. The third-order valence-electron chi connectivity index (χ3n) is 4.58. The highest BCUT2D eigenvalue weighted by Gasteiger charge is 2.16. The Hall–Kier alpha value is -2.02. The number of aromatic nitrogens is 4. The Morgan fingerprint density at radius 3 is 2.46 bits per heavy atom. The van der Waals surface area contributed by atoms with Crippen LogP contribution in [0.2, 0.25) is 15.1 Å². The van der Waals surface area contributed by atoms with Gasteiger partial charge in [-0.05, 0) is 38.5 Å². The van der Waals surface area contributed by atoms with Crippen LogP contribution in [-0.2, 0) is 17.9 Å². The SMILES string of the molecule is Cc1nn(Cc2ccc(Cl)cc2Cl)c(C)c1NC(=O)CCn1ncc(Cl)c1C. The molecule has 0 fully saturated rings. The van der Waals surface area contributed by atoms with Crippen molar-refractivity contribution in [2.75, 3.05) is 5.32 Å². The van der Waals surface area contributed by atoms with Gasteiger partial charge in [0.05, 0.1) is 47.1 Å². The maximum atomic E-state index is 12.4. The zero-order valence-corrected chi connectivity index (χ0v) is 18.0. The van der Waals surface area contributed by atoms with E-state index in [0.717, 1.165) is 22.6 Å². The van der Waals surface area contributed by atoms with E-state index in [4.69, 9.17) is 34.8 Å². The number of hydrogen-bond acceptors (Lipinski definition) is 3. The molecule has 1 aromatic carbocycles. The molecule has 3 rings (SSSR count). The van der Waals surface area contributed by atoms with Gasteiger partial charge in [-0.1, -0.05) is 40.9 Å². The summed E-state index contributed by atoms with van der Waals surface area (Å²) in [5, 5.41) is 13.4. The summed E-state index contributed by atoms with van der Waals surface area (Å²) >= 11 is 18.2. The first kappa shape index (κ1) is 20.7. The average Bonchev–Trinajstić information content (AvgIpc) is 3.09. The fraction of sp³-hybridized carbons (Fsp3) is 0.316. The number of rotatable bonds is 6. The third kappa shape index (κ3) is 4.51. The van der Waals surface area contributed by atoms with Gasteiger partial charge in [0.1, 0.15) is 0 Å². The second-order valence-corrected chi connectivity index (χ2v) is 7.79. The molecular formula is C19H20Cl3N5O. The number of nitrogens with one attached hydrogen (secondary N) is 1. The first-order valence-electron chi connectivity index (χ1n) is 8.72. The number of hydrogen-bond donors (Lipinski definition) is 1. The van der Waals surface area contributed by atoms with E-state index in [2.05, 4.69) is 15.5 Å². The van der Waals surface area contributed by atoms with Gasteiger partial charge >= 0.3 is 0 Å². The van der Waals surface area contributed by atoms with Crippen molar-refractivity contribution < 1.29 is 4.79 Å². The van der Waals surface area contributed by atoms with E-state index >= 15 is 0 Å². The van der Waals surface area contributed by atoms with E-state index in [1.807, 2.05) is 31.5 Å². The van der Waals surface area contributed by atoms with E-state index in [1.165, 1.54) is 0 Å². The maximum Gasteiger partial charge on any atom is 0.226 e. The van der Waals surface area contributed by atoms with E-state index < -0.39 is 0 Å². The Labute approximate surface area is 178 Å². The van der Waals surface area contributed by atoms with Crippen molar-refractivity contribution in [3.05, 3.63) is 62.1 Å². The lowest BCUT2D eigenvalue weighted by atomic mass is 10.2.